The number of nitrogens with one attached hydrogen (secondary N) is 2. The van der Waals surface area contributed by atoms with Crippen LogP contribution in [0.15, 0.2) is 53.8 Å². The molecular formula is C19H29IN4O. The number of aromatic nitrogens is 1. The lowest BCUT2D eigenvalue weighted by molar-refractivity contribution is 0.133. The molecule has 0 amide bonds. The molecule has 0 spiro atoms. The van der Waals surface area contributed by atoms with E-state index in [1.807, 2.05) is 31.2 Å². The van der Waals surface area contributed by atoms with E-state index in [1.165, 1.54) is 11.1 Å². The van der Waals surface area contributed by atoms with Gasteiger partial charge in [-0.25, -0.2) is 4.99 Å². The first-order valence-electron chi connectivity index (χ1n) is 8.61. The summed E-state index contributed by atoms with van der Waals surface area (Å²) < 4.78 is 7.69. The van der Waals surface area contributed by atoms with Crippen molar-refractivity contribution in [2.45, 2.75) is 33.5 Å². The molecule has 2 rings (SSSR count). The Bertz CT molecular complexity index is 614. The van der Waals surface area contributed by atoms with E-state index in [-0.39, 0.29) is 24.0 Å². The van der Waals surface area contributed by atoms with Crippen molar-refractivity contribution >= 4 is 29.9 Å². The van der Waals surface area contributed by atoms with Crippen LogP contribution in [0.5, 0.6) is 0 Å². The van der Waals surface area contributed by atoms with Crippen LogP contribution in [-0.4, -0.2) is 30.2 Å². The molecular weight excluding hydrogens is 427 g/mol. The van der Waals surface area contributed by atoms with Crippen molar-refractivity contribution < 1.29 is 4.74 Å². The number of aliphatic imine (C=N–C) groups is 1. The summed E-state index contributed by atoms with van der Waals surface area (Å²) in [5.41, 5.74) is 2.40. The van der Waals surface area contributed by atoms with Crippen LogP contribution in [-0.2, 0) is 24.4 Å². The molecule has 0 atom stereocenters. The Morgan fingerprint density at radius 3 is 2.44 bits per heavy atom. The highest BCUT2D eigenvalue weighted by Crippen LogP contribution is 2.11. The summed E-state index contributed by atoms with van der Waals surface area (Å²) in [6.07, 6.45) is 4.13. The Morgan fingerprint density at radius 2 is 1.76 bits per heavy atom. The van der Waals surface area contributed by atoms with Gasteiger partial charge in [0.25, 0.3) is 0 Å². The molecule has 2 aromatic rings. The Kier molecular flexibility index (Phi) is 11.0. The smallest absolute Gasteiger partial charge is 0.191 e. The number of hydrogen-bond donors (Lipinski definition) is 2. The summed E-state index contributed by atoms with van der Waals surface area (Å²) in [5.74, 6) is 0.843. The van der Waals surface area contributed by atoms with Gasteiger partial charge < -0.3 is 19.9 Å². The molecule has 0 aliphatic carbocycles. The van der Waals surface area contributed by atoms with Crippen molar-refractivity contribution in [1.82, 2.24) is 15.2 Å². The lowest BCUT2D eigenvalue weighted by Gasteiger charge is -2.13. The van der Waals surface area contributed by atoms with Gasteiger partial charge in [0.15, 0.2) is 5.96 Å². The molecule has 0 radical (unpaired) electrons. The first-order valence-corrected chi connectivity index (χ1v) is 8.61. The van der Waals surface area contributed by atoms with E-state index in [0.717, 1.165) is 32.2 Å². The summed E-state index contributed by atoms with van der Waals surface area (Å²) in [5, 5.41) is 6.67. The van der Waals surface area contributed by atoms with Gasteiger partial charge in [-0.15, -0.1) is 24.0 Å². The third-order valence-electron chi connectivity index (χ3n) is 3.66. The summed E-state index contributed by atoms with van der Waals surface area (Å²) >= 11 is 0. The highest BCUT2D eigenvalue weighted by Gasteiger charge is 2.02. The lowest BCUT2D eigenvalue weighted by Crippen LogP contribution is -2.38. The quantitative estimate of drug-likeness (QED) is 0.346. The number of halogens is 1. The Balaban J connectivity index is 0.00000312. The number of guanidine groups is 1. The predicted molar refractivity (Wildman–Crippen MR) is 114 cm³/mol. The molecule has 1 aromatic heterocycles. The highest BCUT2D eigenvalue weighted by molar-refractivity contribution is 14.0. The van der Waals surface area contributed by atoms with Crippen molar-refractivity contribution in [3.05, 3.63) is 59.9 Å². The largest absolute Gasteiger partial charge is 0.377 e. The number of benzene rings is 1. The first-order chi connectivity index (χ1) is 11.8. The van der Waals surface area contributed by atoms with Crippen LogP contribution in [0, 0.1) is 0 Å². The van der Waals surface area contributed by atoms with Crippen molar-refractivity contribution in [1.29, 1.82) is 0 Å². The van der Waals surface area contributed by atoms with Crippen molar-refractivity contribution in [3.63, 3.8) is 0 Å². The molecule has 1 aromatic carbocycles. The van der Waals surface area contributed by atoms with Crippen LogP contribution in [0.3, 0.4) is 0 Å². The predicted octanol–water partition coefficient (Wildman–Crippen LogP) is 3.40. The fourth-order valence-corrected chi connectivity index (χ4v) is 2.39. The molecule has 5 nitrogen and oxygen atoms in total. The first kappa shape index (κ1) is 21.5. The average Bonchev–Trinajstić information content (AvgIpc) is 3.12. The van der Waals surface area contributed by atoms with Crippen LogP contribution in [0.1, 0.15) is 25.0 Å². The average molecular weight is 456 g/mol. The number of ether oxygens (including phenoxy) is 1. The summed E-state index contributed by atoms with van der Waals surface area (Å²) in [6, 6.07) is 12.4. The topological polar surface area (TPSA) is 50.6 Å². The Labute approximate surface area is 167 Å². The van der Waals surface area contributed by atoms with Gasteiger partial charge in [0, 0.05) is 38.6 Å². The molecule has 0 unspecified atom stereocenters. The van der Waals surface area contributed by atoms with Gasteiger partial charge in [0.2, 0.25) is 0 Å². The van der Waals surface area contributed by atoms with Crippen LogP contribution in [0.25, 0.3) is 0 Å². The molecule has 2 N–H and O–H groups in total. The maximum absolute atomic E-state index is 5.54. The second-order valence-corrected chi connectivity index (χ2v) is 5.45. The minimum Gasteiger partial charge on any atom is -0.377 e. The molecule has 0 bridgehead atoms. The number of hydrogen-bond acceptors (Lipinski definition) is 2. The molecule has 0 aliphatic rings. The molecule has 138 valence electrons. The van der Waals surface area contributed by atoms with E-state index in [1.54, 1.807) is 0 Å². The van der Waals surface area contributed by atoms with Crippen LogP contribution in [0.4, 0.5) is 0 Å². The van der Waals surface area contributed by atoms with E-state index >= 15 is 0 Å². The van der Waals surface area contributed by atoms with Crippen LogP contribution < -0.4 is 10.6 Å². The minimum absolute atomic E-state index is 0. The van der Waals surface area contributed by atoms with Gasteiger partial charge in [0.1, 0.15) is 0 Å². The second-order valence-electron chi connectivity index (χ2n) is 5.45. The third kappa shape index (κ3) is 7.92. The summed E-state index contributed by atoms with van der Waals surface area (Å²) in [7, 11) is 0. The third-order valence-corrected chi connectivity index (χ3v) is 3.66. The number of rotatable bonds is 9. The zero-order valence-electron chi connectivity index (χ0n) is 15.1. The molecule has 25 heavy (non-hydrogen) atoms. The minimum atomic E-state index is 0. The van der Waals surface area contributed by atoms with Gasteiger partial charge in [-0.1, -0.05) is 24.3 Å². The van der Waals surface area contributed by atoms with Gasteiger partial charge in [-0.2, -0.15) is 0 Å². The summed E-state index contributed by atoms with van der Waals surface area (Å²) in [4.78, 5) is 4.70. The van der Waals surface area contributed by atoms with E-state index in [2.05, 4.69) is 46.7 Å². The molecule has 1 heterocycles. The fraction of sp³-hybridized carbons (Fsp3) is 0.421. The van der Waals surface area contributed by atoms with E-state index < -0.39 is 0 Å². The summed E-state index contributed by atoms with van der Waals surface area (Å²) in [6.45, 7) is 8.68. The SMILES string of the molecule is CCNC(=NCc1ccccc1COCC)NCCn1cccc1.I. The molecule has 0 aliphatic heterocycles. The van der Waals surface area contributed by atoms with Crippen molar-refractivity contribution in [2.24, 2.45) is 4.99 Å². The highest BCUT2D eigenvalue weighted by atomic mass is 127. The van der Waals surface area contributed by atoms with E-state index in [4.69, 9.17) is 9.73 Å². The maximum atomic E-state index is 5.54. The number of nitrogens with zero attached hydrogens (tertiary/aromatic N) is 2. The van der Waals surface area contributed by atoms with Crippen LogP contribution >= 0.6 is 24.0 Å². The van der Waals surface area contributed by atoms with Gasteiger partial charge in [-0.3, -0.25) is 0 Å². The van der Waals surface area contributed by atoms with Gasteiger partial charge in [0.05, 0.1) is 13.2 Å². The Morgan fingerprint density at radius 1 is 1.04 bits per heavy atom. The van der Waals surface area contributed by atoms with Crippen molar-refractivity contribution in [2.75, 3.05) is 19.7 Å². The van der Waals surface area contributed by atoms with Gasteiger partial charge in [-0.05, 0) is 37.1 Å². The second kappa shape index (κ2) is 12.8. The van der Waals surface area contributed by atoms with Crippen LogP contribution in [0.2, 0.25) is 0 Å². The standard InChI is InChI=1S/C19H28N4O.HI/c1-3-20-19(21-11-14-23-12-7-8-13-23)22-15-17-9-5-6-10-18(17)16-24-4-2;/h5-10,12-13H,3-4,11,14-16H2,1-2H3,(H2,20,21,22);1H. The van der Waals surface area contributed by atoms with E-state index in [0.29, 0.717) is 13.2 Å². The van der Waals surface area contributed by atoms with Gasteiger partial charge >= 0.3 is 0 Å². The molecule has 0 saturated heterocycles. The van der Waals surface area contributed by atoms with E-state index in [9.17, 15) is 0 Å². The van der Waals surface area contributed by atoms with Crippen molar-refractivity contribution in [3.8, 4) is 0 Å². The lowest BCUT2D eigenvalue weighted by atomic mass is 10.1. The monoisotopic (exact) mass is 456 g/mol. The maximum Gasteiger partial charge on any atom is 0.191 e. The molecule has 0 fully saturated rings. The fourth-order valence-electron chi connectivity index (χ4n) is 2.39. The molecule has 6 heteroatoms. The normalized spacial score (nSPS) is 11.0. The zero-order chi connectivity index (χ0) is 17.0. The Hall–Kier alpha value is -1.54. The molecule has 0 saturated carbocycles. The zero-order valence-corrected chi connectivity index (χ0v) is 17.4.